The predicted molar refractivity (Wildman–Crippen MR) is 81.4 cm³/mol. The van der Waals surface area contributed by atoms with E-state index in [1.54, 1.807) is 0 Å². The van der Waals surface area contributed by atoms with Crippen molar-refractivity contribution in [3.63, 3.8) is 0 Å². The molecule has 1 atom stereocenters. The normalized spacial score (nSPS) is 16.8. The van der Waals surface area contributed by atoms with Crippen LogP contribution >= 0.6 is 11.8 Å². The number of thioether (sulfide) groups is 1. The van der Waals surface area contributed by atoms with E-state index in [-0.39, 0.29) is 11.5 Å². The summed E-state index contributed by atoms with van der Waals surface area (Å²) in [5.41, 5.74) is 6.27. The Bertz CT molecular complexity index is 208. The van der Waals surface area contributed by atoms with E-state index in [0.717, 1.165) is 11.9 Å². The standard InChI is InChI=1S/C6H13NO.C6H10OS.C2H6/c1-6(2,3)5(7)4-8;7-5-8-6-3-1-2-4-6;1-2/h4-5H,7H2,1-3H3;5-6H,1-4H2;1-2H3. The van der Waals surface area contributed by atoms with Gasteiger partial charge in [-0.15, -0.1) is 0 Å². The molecule has 0 aliphatic heterocycles. The number of hydrogen-bond acceptors (Lipinski definition) is 4. The molecule has 3 nitrogen and oxygen atoms in total. The maximum absolute atomic E-state index is 10.0. The van der Waals surface area contributed by atoms with Gasteiger partial charge >= 0.3 is 0 Å². The Morgan fingerprint density at radius 3 is 1.83 bits per heavy atom. The second-order valence-electron chi connectivity index (χ2n) is 5.17. The molecule has 0 bridgehead atoms. The minimum atomic E-state index is -0.331. The van der Waals surface area contributed by atoms with E-state index in [1.165, 1.54) is 37.4 Å². The summed E-state index contributed by atoms with van der Waals surface area (Å²) in [7, 11) is 0. The second-order valence-corrected chi connectivity index (χ2v) is 6.30. The maximum Gasteiger partial charge on any atom is 0.176 e. The fourth-order valence-corrected chi connectivity index (χ4v) is 2.07. The highest BCUT2D eigenvalue weighted by Gasteiger charge is 2.18. The van der Waals surface area contributed by atoms with Gasteiger partial charge in [0.25, 0.3) is 0 Å². The Hall–Kier alpha value is -0.350. The molecule has 4 heteroatoms. The lowest BCUT2D eigenvalue weighted by Crippen LogP contribution is -2.36. The van der Waals surface area contributed by atoms with Crippen molar-refractivity contribution in [2.24, 2.45) is 11.1 Å². The fourth-order valence-electron chi connectivity index (χ4n) is 1.31. The van der Waals surface area contributed by atoms with Gasteiger partial charge in [-0.2, -0.15) is 0 Å². The number of aldehydes is 1. The van der Waals surface area contributed by atoms with Crippen molar-refractivity contribution in [2.45, 2.75) is 71.6 Å². The van der Waals surface area contributed by atoms with Crippen molar-refractivity contribution in [1.82, 2.24) is 0 Å². The van der Waals surface area contributed by atoms with E-state index in [4.69, 9.17) is 5.73 Å². The van der Waals surface area contributed by atoms with Crippen LogP contribution in [-0.4, -0.2) is 23.2 Å². The van der Waals surface area contributed by atoms with Gasteiger partial charge in [0.1, 0.15) is 6.29 Å². The van der Waals surface area contributed by atoms with Gasteiger partial charge in [0.15, 0.2) is 5.62 Å². The minimum Gasteiger partial charge on any atom is -0.321 e. The lowest BCUT2D eigenvalue weighted by molar-refractivity contribution is -0.110. The molecule has 1 fully saturated rings. The van der Waals surface area contributed by atoms with Crippen LogP contribution in [0.3, 0.4) is 0 Å². The largest absolute Gasteiger partial charge is 0.321 e. The van der Waals surface area contributed by atoms with Crippen molar-refractivity contribution in [1.29, 1.82) is 0 Å². The summed E-state index contributed by atoms with van der Waals surface area (Å²) < 4.78 is 0. The van der Waals surface area contributed by atoms with Gasteiger partial charge in [0.05, 0.1) is 6.04 Å². The first-order chi connectivity index (χ1) is 8.41. The van der Waals surface area contributed by atoms with Crippen LogP contribution in [0, 0.1) is 5.41 Å². The Morgan fingerprint density at radius 1 is 1.17 bits per heavy atom. The lowest BCUT2D eigenvalue weighted by Gasteiger charge is -2.20. The fraction of sp³-hybridized carbons (Fsp3) is 0.857. The van der Waals surface area contributed by atoms with Crippen molar-refractivity contribution in [3.8, 4) is 0 Å². The van der Waals surface area contributed by atoms with Crippen LogP contribution in [0.5, 0.6) is 0 Å². The average Bonchev–Trinajstić information content (AvgIpc) is 2.84. The van der Waals surface area contributed by atoms with Gasteiger partial charge in [-0.05, 0) is 18.3 Å². The highest BCUT2D eigenvalue weighted by molar-refractivity contribution is 8.12. The van der Waals surface area contributed by atoms with Gasteiger partial charge in [-0.3, -0.25) is 4.79 Å². The summed E-state index contributed by atoms with van der Waals surface area (Å²) in [6.07, 6.45) is 5.93. The molecule has 1 saturated carbocycles. The van der Waals surface area contributed by atoms with E-state index in [0.29, 0.717) is 5.25 Å². The molecule has 0 aromatic rings. The maximum atomic E-state index is 10.0. The van der Waals surface area contributed by atoms with E-state index in [2.05, 4.69) is 0 Å². The number of carbonyl (C=O) groups is 2. The van der Waals surface area contributed by atoms with Crippen LogP contribution in [0.4, 0.5) is 0 Å². The third-order valence-corrected chi connectivity index (χ3v) is 3.66. The van der Waals surface area contributed by atoms with E-state index in [1.807, 2.05) is 34.6 Å². The molecule has 18 heavy (non-hydrogen) atoms. The molecule has 0 heterocycles. The third-order valence-electron chi connectivity index (χ3n) is 2.70. The van der Waals surface area contributed by atoms with E-state index < -0.39 is 0 Å². The monoisotopic (exact) mass is 275 g/mol. The minimum absolute atomic E-state index is 0.0816. The van der Waals surface area contributed by atoms with Crippen LogP contribution in [0.1, 0.15) is 60.3 Å². The van der Waals surface area contributed by atoms with Gasteiger partial charge in [0, 0.05) is 5.25 Å². The molecule has 1 unspecified atom stereocenters. The predicted octanol–water partition coefficient (Wildman–Crippen LogP) is 3.44. The molecule has 0 radical (unpaired) electrons. The number of nitrogens with two attached hydrogens (primary N) is 1. The van der Waals surface area contributed by atoms with Gasteiger partial charge in [-0.25, -0.2) is 0 Å². The first-order valence-corrected chi connectivity index (χ1v) is 7.66. The van der Waals surface area contributed by atoms with Crippen LogP contribution in [0.25, 0.3) is 0 Å². The van der Waals surface area contributed by atoms with Crippen LogP contribution in [0.15, 0.2) is 0 Å². The SMILES string of the molecule is CC.CC(C)(C)C(N)C=O.O=CSC1CCCC1. The molecular formula is C14H29NO2S. The van der Waals surface area contributed by atoms with Crippen LogP contribution in [-0.2, 0) is 9.59 Å². The summed E-state index contributed by atoms with van der Waals surface area (Å²) in [5, 5.41) is 0.660. The Balaban J connectivity index is 0. The quantitative estimate of drug-likeness (QED) is 0.802. The lowest BCUT2D eigenvalue weighted by atomic mass is 9.89. The van der Waals surface area contributed by atoms with Crippen LogP contribution in [0.2, 0.25) is 0 Å². The zero-order valence-electron chi connectivity index (χ0n) is 12.4. The van der Waals surface area contributed by atoms with Crippen molar-refractivity contribution >= 4 is 23.7 Å². The second kappa shape index (κ2) is 11.7. The Morgan fingerprint density at radius 2 is 1.61 bits per heavy atom. The van der Waals surface area contributed by atoms with E-state index >= 15 is 0 Å². The molecular weight excluding hydrogens is 246 g/mol. The first kappa shape index (κ1) is 20.0. The smallest absolute Gasteiger partial charge is 0.176 e. The summed E-state index contributed by atoms with van der Waals surface area (Å²) in [6.45, 7) is 9.81. The number of carbonyl (C=O) groups excluding carboxylic acids is 2. The van der Waals surface area contributed by atoms with E-state index in [9.17, 15) is 9.59 Å². The van der Waals surface area contributed by atoms with Crippen molar-refractivity contribution in [3.05, 3.63) is 0 Å². The zero-order valence-corrected chi connectivity index (χ0v) is 13.3. The molecule has 0 spiro atoms. The highest BCUT2D eigenvalue weighted by Crippen LogP contribution is 2.27. The molecule has 0 aromatic heterocycles. The van der Waals surface area contributed by atoms with Crippen molar-refractivity contribution < 1.29 is 9.59 Å². The van der Waals surface area contributed by atoms with Gasteiger partial charge in [0.2, 0.25) is 0 Å². The molecule has 2 N–H and O–H groups in total. The Kier molecular flexibility index (Phi) is 13.0. The molecule has 1 aliphatic rings. The first-order valence-electron chi connectivity index (χ1n) is 6.71. The molecule has 1 aliphatic carbocycles. The summed E-state index contributed by atoms with van der Waals surface area (Å²) >= 11 is 1.46. The summed E-state index contributed by atoms with van der Waals surface area (Å²) in [4.78, 5) is 20.0. The molecule has 108 valence electrons. The number of rotatable bonds is 3. The average molecular weight is 275 g/mol. The third kappa shape index (κ3) is 10.8. The van der Waals surface area contributed by atoms with Crippen molar-refractivity contribution in [2.75, 3.05) is 0 Å². The molecule has 1 rings (SSSR count). The summed E-state index contributed by atoms with van der Waals surface area (Å²) in [6, 6.07) is -0.331. The summed E-state index contributed by atoms with van der Waals surface area (Å²) in [5.74, 6) is 0. The molecule has 0 aromatic carbocycles. The number of hydrogen-bond donors (Lipinski definition) is 1. The molecule has 0 amide bonds. The van der Waals surface area contributed by atoms with Gasteiger partial charge < -0.3 is 10.5 Å². The molecule has 0 saturated heterocycles. The topological polar surface area (TPSA) is 60.2 Å². The Labute approximate surface area is 116 Å². The van der Waals surface area contributed by atoms with Crippen LogP contribution < -0.4 is 5.73 Å². The van der Waals surface area contributed by atoms with Gasteiger partial charge in [-0.1, -0.05) is 59.2 Å². The highest BCUT2D eigenvalue weighted by atomic mass is 32.2. The zero-order chi connectivity index (χ0) is 14.6.